The molecule has 3 N–H and O–H groups in total. The number of allylic oxidation sites excluding steroid dienone is 1. The fourth-order valence-corrected chi connectivity index (χ4v) is 9.20. The predicted molar refractivity (Wildman–Crippen MR) is 145 cm³/mol. The van der Waals surface area contributed by atoms with Crippen LogP contribution in [0.5, 0.6) is 0 Å². The predicted octanol–water partition coefficient (Wildman–Crippen LogP) is 7.33. The lowest BCUT2D eigenvalue weighted by Crippen LogP contribution is -2.48. The van der Waals surface area contributed by atoms with Gasteiger partial charge in [-0.25, -0.2) is 4.79 Å². The Morgan fingerprint density at radius 1 is 1.11 bits per heavy atom. The highest BCUT2D eigenvalue weighted by Gasteiger charge is 2.54. The lowest BCUT2D eigenvalue weighted by atomic mass is 9.50. The molecule has 4 heteroatoms. The van der Waals surface area contributed by atoms with Crippen LogP contribution in [0.4, 0.5) is 4.79 Å². The van der Waals surface area contributed by atoms with Crippen molar-refractivity contribution >= 4 is 6.09 Å². The SMILES string of the molecule is CCC(CC[C@@H](C)[C@H]1CC[C@@H]2C1CC[C@H]1[C@H]2CC=C2C[C@@H](OC(=O)NCCN)CC[C@@]21C)C(C)C. The molecular formula is C31H54N2O2. The summed E-state index contributed by atoms with van der Waals surface area (Å²) in [5, 5.41) is 2.76. The van der Waals surface area contributed by atoms with Gasteiger partial charge in [0.2, 0.25) is 0 Å². The minimum Gasteiger partial charge on any atom is -0.446 e. The largest absolute Gasteiger partial charge is 0.446 e. The van der Waals surface area contributed by atoms with Crippen molar-refractivity contribution in [3.05, 3.63) is 11.6 Å². The topological polar surface area (TPSA) is 64.3 Å². The van der Waals surface area contributed by atoms with Gasteiger partial charge in [0, 0.05) is 19.5 Å². The van der Waals surface area contributed by atoms with Crippen LogP contribution in [0, 0.1) is 52.8 Å². The normalized spacial score (nSPS) is 38.1. The van der Waals surface area contributed by atoms with Gasteiger partial charge in [-0.15, -0.1) is 0 Å². The Balaban J connectivity index is 1.37. The highest BCUT2D eigenvalue weighted by Crippen LogP contribution is 2.63. The molecule has 0 aromatic rings. The van der Waals surface area contributed by atoms with Gasteiger partial charge in [0.25, 0.3) is 0 Å². The van der Waals surface area contributed by atoms with Crippen LogP contribution in [0.2, 0.25) is 0 Å². The van der Waals surface area contributed by atoms with Gasteiger partial charge >= 0.3 is 6.09 Å². The third-order valence-electron chi connectivity index (χ3n) is 11.3. The summed E-state index contributed by atoms with van der Waals surface area (Å²) >= 11 is 0. The smallest absolute Gasteiger partial charge is 0.407 e. The monoisotopic (exact) mass is 486 g/mol. The zero-order valence-corrected chi connectivity index (χ0v) is 23.4. The molecule has 4 aliphatic carbocycles. The quantitative estimate of drug-likeness (QED) is 0.335. The van der Waals surface area contributed by atoms with E-state index >= 15 is 0 Å². The van der Waals surface area contributed by atoms with E-state index in [0.29, 0.717) is 18.5 Å². The molecule has 35 heavy (non-hydrogen) atoms. The summed E-state index contributed by atoms with van der Waals surface area (Å²) in [6.07, 6.45) is 16.6. The summed E-state index contributed by atoms with van der Waals surface area (Å²) in [5.41, 5.74) is 7.40. The molecule has 2 unspecified atom stereocenters. The number of hydrogen-bond acceptors (Lipinski definition) is 3. The Labute approximate surface area is 215 Å². The first-order chi connectivity index (χ1) is 16.8. The summed E-state index contributed by atoms with van der Waals surface area (Å²) in [7, 11) is 0. The van der Waals surface area contributed by atoms with E-state index < -0.39 is 0 Å². The van der Waals surface area contributed by atoms with Crippen LogP contribution in [0.3, 0.4) is 0 Å². The summed E-state index contributed by atoms with van der Waals surface area (Å²) in [6, 6.07) is 0. The lowest BCUT2D eigenvalue weighted by Gasteiger charge is -2.55. The Hall–Kier alpha value is -1.03. The molecular weight excluding hydrogens is 432 g/mol. The van der Waals surface area contributed by atoms with E-state index in [4.69, 9.17) is 10.5 Å². The van der Waals surface area contributed by atoms with Crippen LogP contribution in [0.25, 0.3) is 0 Å². The molecule has 3 fully saturated rings. The van der Waals surface area contributed by atoms with Gasteiger partial charge < -0.3 is 15.8 Å². The zero-order valence-electron chi connectivity index (χ0n) is 23.4. The summed E-state index contributed by atoms with van der Waals surface area (Å²) in [5.74, 6) is 7.19. The number of nitrogens with one attached hydrogen (secondary N) is 1. The molecule has 4 nitrogen and oxygen atoms in total. The molecule has 9 atom stereocenters. The van der Waals surface area contributed by atoms with Crippen LogP contribution in [-0.2, 0) is 4.74 Å². The van der Waals surface area contributed by atoms with Gasteiger partial charge in [-0.1, -0.05) is 59.1 Å². The van der Waals surface area contributed by atoms with Gasteiger partial charge in [0.1, 0.15) is 6.10 Å². The van der Waals surface area contributed by atoms with Crippen molar-refractivity contribution in [1.29, 1.82) is 0 Å². The van der Waals surface area contributed by atoms with Crippen LogP contribution in [-0.4, -0.2) is 25.3 Å². The number of carbonyl (C=O) groups is 1. The third kappa shape index (κ3) is 5.63. The molecule has 0 aromatic heterocycles. The van der Waals surface area contributed by atoms with E-state index in [2.05, 4.69) is 46.0 Å². The van der Waals surface area contributed by atoms with Crippen molar-refractivity contribution in [2.45, 2.75) is 111 Å². The van der Waals surface area contributed by atoms with Crippen LogP contribution >= 0.6 is 0 Å². The van der Waals surface area contributed by atoms with Gasteiger partial charge in [-0.05, 0) is 104 Å². The summed E-state index contributed by atoms with van der Waals surface area (Å²) < 4.78 is 5.75. The maximum Gasteiger partial charge on any atom is 0.407 e. The minimum atomic E-state index is -0.302. The minimum absolute atomic E-state index is 0.0227. The first-order valence-corrected chi connectivity index (χ1v) is 15.1. The number of fused-ring (bicyclic) bond motifs is 5. The number of hydrogen-bond donors (Lipinski definition) is 2. The number of amides is 1. The second kappa shape index (κ2) is 11.6. The maximum atomic E-state index is 12.1. The van der Waals surface area contributed by atoms with Crippen molar-refractivity contribution in [3.63, 3.8) is 0 Å². The van der Waals surface area contributed by atoms with Gasteiger partial charge in [0.05, 0.1) is 0 Å². The van der Waals surface area contributed by atoms with Crippen molar-refractivity contribution in [2.75, 3.05) is 13.1 Å². The molecule has 200 valence electrons. The molecule has 0 heterocycles. The highest BCUT2D eigenvalue weighted by atomic mass is 16.6. The highest BCUT2D eigenvalue weighted by molar-refractivity contribution is 5.67. The average Bonchev–Trinajstić information content (AvgIpc) is 3.27. The molecule has 4 aliphatic rings. The first kappa shape index (κ1) is 27.0. The molecule has 1 amide bonds. The Morgan fingerprint density at radius 3 is 2.60 bits per heavy atom. The number of rotatable bonds is 9. The molecule has 0 aromatic carbocycles. The van der Waals surface area contributed by atoms with Crippen molar-refractivity contribution in [1.82, 2.24) is 5.32 Å². The van der Waals surface area contributed by atoms with Gasteiger partial charge in [-0.3, -0.25) is 0 Å². The zero-order chi connectivity index (χ0) is 25.2. The standard InChI is InChI=1S/C31H54N2O2/c1-6-22(20(2)3)8-7-21(4)25-11-12-27-26(25)13-14-29-28(27)10-9-23-19-24(15-16-31(23,29)5)35-30(34)33-18-17-32/h9,20-22,24-29H,6-8,10-19,32H2,1-5H3,(H,33,34)/t21-,22?,24+,25-,26?,27-,28+,29+,31+/m1/s1. The Kier molecular flexibility index (Phi) is 8.93. The van der Waals surface area contributed by atoms with E-state index in [1.54, 1.807) is 5.57 Å². The molecule has 4 rings (SSSR count). The van der Waals surface area contributed by atoms with E-state index in [1.165, 1.54) is 57.8 Å². The maximum absolute atomic E-state index is 12.1. The van der Waals surface area contributed by atoms with Gasteiger partial charge in [-0.2, -0.15) is 0 Å². The van der Waals surface area contributed by atoms with E-state index in [9.17, 15) is 4.79 Å². The average molecular weight is 487 g/mol. The second-order valence-electron chi connectivity index (χ2n) is 13.3. The number of ether oxygens (including phenoxy) is 1. The number of alkyl carbamates (subject to hydrolysis) is 1. The third-order valence-corrected chi connectivity index (χ3v) is 11.3. The molecule has 0 aliphatic heterocycles. The molecule has 0 spiro atoms. The molecule has 3 saturated carbocycles. The molecule has 0 bridgehead atoms. The van der Waals surface area contributed by atoms with Crippen molar-refractivity contribution < 1.29 is 9.53 Å². The number of nitrogens with two attached hydrogens (primary N) is 1. The Morgan fingerprint density at radius 2 is 1.89 bits per heavy atom. The molecule has 0 saturated heterocycles. The van der Waals surface area contributed by atoms with Crippen LogP contribution in [0.1, 0.15) is 105 Å². The number of carbonyl (C=O) groups excluding carboxylic acids is 1. The fraction of sp³-hybridized carbons (Fsp3) is 0.903. The van der Waals surface area contributed by atoms with Crippen molar-refractivity contribution in [2.24, 2.45) is 58.5 Å². The first-order valence-electron chi connectivity index (χ1n) is 15.1. The van der Waals surface area contributed by atoms with Crippen LogP contribution in [0.15, 0.2) is 11.6 Å². The second-order valence-corrected chi connectivity index (χ2v) is 13.3. The molecule has 0 radical (unpaired) electrons. The lowest BCUT2D eigenvalue weighted by molar-refractivity contribution is -0.0183. The van der Waals surface area contributed by atoms with E-state index in [0.717, 1.165) is 60.2 Å². The van der Waals surface area contributed by atoms with E-state index in [1.807, 2.05) is 0 Å². The van der Waals surface area contributed by atoms with Gasteiger partial charge in [0.15, 0.2) is 0 Å². The summed E-state index contributed by atoms with van der Waals surface area (Å²) in [4.78, 5) is 12.1. The fourth-order valence-electron chi connectivity index (χ4n) is 9.20. The summed E-state index contributed by atoms with van der Waals surface area (Å²) in [6.45, 7) is 13.3. The van der Waals surface area contributed by atoms with Crippen molar-refractivity contribution in [3.8, 4) is 0 Å². The van der Waals surface area contributed by atoms with E-state index in [-0.39, 0.29) is 12.2 Å². The Bertz CT molecular complexity index is 748. The van der Waals surface area contributed by atoms with Crippen LogP contribution < -0.4 is 11.1 Å².